The summed E-state index contributed by atoms with van der Waals surface area (Å²) in [5, 5.41) is 3.77. The van der Waals surface area contributed by atoms with E-state index in [9.17, 15) is 0 Å². The molecule has 102 valence electrons. The van der Waals surface area contributed by atoms with Gasteiger partial charge in [0.25, 0.3) is 0 Å². The van der Waals surface area contributed by atoms with E-state index in [0.717, 1.165) is 41.5 Å². The van der Waals surface area contributed by atoms with E-state index in [1.165, 1.54) is 25.7 Å². The van der Waals surface area contributed by atoms with Crippen LogP contribution in [0.4, 0.5) is 0 Å². The summed E-state index contributed by atoms with van der Waals surface area (Å²) in [6.07, 6.45) is 13.9. The van der Waals surface area contributed by atoms with E-state index >= 15 is 0 Å². The molecule has 1 nitrogen and oxygen atoms in total. The van der Waals surface area contributed by atoms with Gasteiger partial charge >= 0.3 is 0 Å². The van der Waals surface area contributed by atoms with Crippen LogP contribution in [-0.4, -0.2) is 13.1 Å². The molecule has 0 spiro atoms. The van der Waals surface area contributed by atoms with Gasteiger partial charge in [0, 0.05) is 6.04 Å². The molecule has 5 rings (SSSR count). The third-order valence-corrected chi connectivity index (χ3v) is 6.96. The van der Waals surface area contributed by atoms with E-state index < -0.39 is 0 Å². The monoisotopic (exact) mass is 247 g/mol. The Balaban J connectivity index is 1.55. The van der Waals surface area contributed by atoms with Crippen LogP contribution in [0.15, 0.2) is 0 Å². The molecule has 0 saturated heterocycles. The Bertz CT molecular complexity index is 277. The Morgan fingerprint density at radius 3 is 1.89 bits per heavy atom. The Morgan fingerprint density at radius 1 is 0.833 bits per heavy atom. The van der Waals surface area contributed by atoms with E-state index in [1.807, 2.05) is 0 Å². The lowest BCUT2D eigenvalue weighted by atomic mass is 9.49. The maximum atomic E-state index is 3.77. The second kappa shape index (κ2) is 4.51. The molecule has 0 aromatic heterocycles. The molecule has 0 aromatic rings. The van der Waals surface area contributed by atoms with Gasteiger partial charge in [-0.3, -0.25) is 0 Å². The minimum absolute atomic E-state index is 0.863. The molecule has 0 aliphatic heterocycles. The average molecular weight is 247 g/mol. The summed E-state index contributed by atoms with van der Waals surface area (Å²) in [4.78, 5) is 0. The molecular weight excluding hydrogens is 218 g/mol. The summed E-state index contributed by atoms with van der Waals surface area (Å²) in [5.74, 6) is 6.51. The zero-order chi connectivity index (χ0) is 12.1. The van der Waals surface area contributed by atoms with Crippen molar-refractivity contribution in [1.29, 1.82) is 0 Å². The van der Waals surface area contributed by atoms with E-state index in [0.29, 0.717) is 0 Å². The standard InChI is InChI=1S/C17H29N/c1-18-17(13-4-2-3-5-13)16-14-7-11-6-12(9-14)10-15(16)8-11/h11-18H,2-10H2,1H3. The molecule has 5 fully saturated rings. The molecule has 1 unspecified atom stereocenters. The molecule has 5 aliphatic carbocycles. The lowest BCUT2D eigenvalue weighted by Crippen LogP contribution is -2.54. The normalized spacial score (nSPS) is 48.8. The van der Waals surface area contributed by atoms with Crippen LogP contribution in [0.1, 0.15) is 57.8 Å². The van der Waals surface area contributed by atoms with Crippen molar-refractivity contribution in [2.45, 2.75) is 63.8 Å². The fraction of sp³-hybridized carbons (Fsp3) is 1.00. The molecule has 5 saturated carbocycles. The molecule has 0 heterocycles. The second-order valence-electron chi connectivity index (χ2n) is 7.87. The third kappa shape index (κ3) is 1.77. The smallest absolute Gasteiger partial charge is 0.0126 e. The van der Waals surface area contributed by atoms with Gasteiger partial charge < -0.3 is 5.32 Å². The number of hydrogen-bond donors (Lipinski definition) is 1. The first-order valence-electron chi connectivity index (χ1n) is 8.52. The summed E-state index contributed by atoms with van der Waals surface area (Å²) in [6.45, 7) is 0. The fourth-order valence-electron chi connectivity index (χ4n) is 6.61. The van der Waals surface area contributed by atoms with Gasteiger partial charge in [0.1, 0.15) is 0 Å². The predicted molar refractivity (Wildman–Crippen MR) is 75.3 cm³/mol. The average Bonchev–Trinajstić information content (AvgIpc) is 2.86. The first kappa shape index (κ1) is 11.8. The molecule has 4 bridgehead atoms. The third-order valence-electron chi connectivity index (χ3n) is 6.96. The lowest BCUT2D eigenvalue weighted by molar-refractivity contribution is -0.0591. The maximum Gasteiger partial charge on any atom is 0.0126 e. The molecule has 1 N–H and O–H groups in total. The highest BCUT2D eigenvalue weighted by molar-refractivity contribution is 5.03. The molecular formula is C17H29N. The van der Waals surface area contributed by atoms with Crippen molar-refractivity contribution in [3.05, 3.63) is 0 Å². The highest BCUT2D eigenvalue weighted by Crippen LogP contribution is 2.58. The van der Waals surface area contributed by atoms with Crippen LogP contribution < -0.4 is 5.32 Å². The first-order valence-corrected chi connectivity index (χ1v) is 8.52. The van der Waals surface area contributed by atoms with Gasteiger partial charge in [-0.2, -0.15) is 0 Å². The van der Waals surface area contributed by atoms with Gasteiger partial charge in [0.2, 0.25) is 0 Å². The van der Waals surface area contributed by atoms with Crippen molar-refractivity contribution in [2.24, 2.45) is 35.5 Å². The van der Waals surface area contributed by atoms with Crippen molar-refractivity contribution >= 4 is 0 Å². The van der Waals surface area contributed by atoms with Crippen LogP contribution in [0, 0.1) is 35.5 Å². The van der Waals surface area contributed by atoms with Crippen molar-refractivity contribution < 1.29 is 0 Å². The summed E-state index contributed by atoms with van der Waals surface area (Å²) in [5.41, 5.74) is 0. The van der Waals surface area contributed by atoms with Crippen LogP contribution in [0.25, 0.3) is 0 Å². The molecule has 1 atom stereocenters. The second-order valence-corrected chi connectivity index (χ2v) is 7.87. The largest absolute Gasteiger partial charge is 0.316 e. The molecule has 0 aromatic carbocycles. The summed E-state index contributed by atoms with van der Waals surface area (Å²) >= 11 is 0. The minimum atomic E-state index is 0.863. The number of hydrogen-bond acceptors (Lipinski definition) is 1. The summed E-state index contributed by atoms with van der Waals surface area (Å²) in [7, 11) is 2.24. The molecule has 5 aliphatic rings. The van der Waals surface area contributed by atoms with Crippen molar-refractivity contribution in [3.63, 3.8) is 0 Å². The highest BCUT2D eigenvalue weighted by Gasteiger charge is 2.51. The van der Waals surface area contributed by atoms with Crippen LogP contribution in [0.2, 0.25) is 0 Å². The first-order chi connectivity index (χ1) is 8.85. The maximum absolute atomic E-state index is 3.77. The van der Waals surface area contributed by atoms with Crippen LogP contribution in [0.3, 0.4) is 0 Å². The zero-order valence-electron chi connectivity index (χ0n) is 11.9. The quantitative estimate of drug-likeness (QED) is 0.799. The number of nitrogens with one attached hydrogen (secondary N) is 1. The van der Waals surface area contributed by atoms with Crippen LogP contribution >= 0.6 is 0 Å². The zero-order valence-corrected chi connectivity index (χ0v) is 11.9. The van der Waals surface area contributed by atoms with Gasteiger partial charge in [0.15, 0.2) is 0 Å². The van der Waals surface area contributed by atoms with Gasteiger partial charge in [-0.05, 0) is 87.5 Å². The Kier molecular flexibility index (Phi) is 2.94. The van der Waals surface area contributed by atoms with Gasteiger partial charge in [0.05, 0.1) is 0 Å². The SMILES string of the molecule is CNC(C1CCCC1)C1C2CC3CC(C2)CC1C3. The molecule has 18 heavy (non-hydrogen) atoms. The Hall–Kier alpha value is -0.0400. The molecule has 1 heteroatoms. The highest BCUT2D eigenvalue weighted by atomic mass is 14.9. The van der Waals surface area contributed by atoms with Crippen LogP contribution in [-0.2, 0) is 0 Å². The lowest BCUT2D eigenvalue weighted by Gasteiger charge is -2.57. The van der Waals surface area contributed by atoms with Crippen LogP contribution in [0.5, 0.6) is 0 Å². The summed E-state index contributed by atoms with van der Waals surface area (Å²) in [6, 6.07) is 0.863. The van der Waals surface area contributed by atoms with E-state index in [1.54, 1.807) is 32.1 Å². The predicted octanol–water partition coefficient (Wildman–Crippen LogP) is 3.84. The number of rotatable bonds is 3. The van der Waals surface area contributed by atoms with Gasteiger partial charge in [-0.25, -0.2) is 0 Å². The fourth-order valence-corrected chi connectivity index (χ4v) is 6.61. The van der Waals surface area contributed by atoms with E-state index in [4.69, 9.17) is 0 Å². The van der Waals surface area contributed by atoms with Gasteiger partial charge in [-0.1, -0.05) is 12.8 Å². The molecule has 0 amide bonds. The van der Waals surface area contributed by atoms with Gasteiger partial charge in [-0.15, -0.1) is 0 Å². The van der Waals surface area contributed by atoms with Crippen molar-refractivity contribution in [3.8, 4) is 0 Å². The summed E-state index contributed by atoms with van der Waals surface area (Å²) < 4.78 is 0. The van der Waals surface area contributed by atoms with E-state index in [2.05, 4.69) is 12.4 Å². The Labute approximate surface area is 112 Å². The molecule has 0 radical (unpaired) electrons. The topological polar surface area (TPSA) is 12.0 Å². The van der Waals surface area contributed by atoms with Crippen molar-refractivity contribution in [1.82, 2.24) is 5.32 Å². The van der Waals surface area contributed by atoms with E-state index in [-0.39, 0.29) is 0 Å². The minimum Gasteiger partial charge on any atom is -0.316 e. The van der Waals surface area contributed by atoms with Crippen molar-refractivity contribution in [2.75, 3.05) is 7.05 Å². The Morgan fingerprint density at radius 2 is 1.39 bits per heavy atom.